The Kier molecular flexibility index (Phi) is 3.64. The Morgan fingerprint density at radius 1 is 0.793 bits per heavy atom. The van der Waals surface area contributed by atoms with E-state index in [1.54, 1.807) is 0 Å². The summed E-state index contributed by atoms with van der Waals surface area (Å²) in [6, 6.07) is 20.1. The topological polar surface area (TPSA) is 9.23 Å². The Morgan fingerprint density at radius 3 is 2.59 bits per heavy atom. The first-order valence-corrected chi connectivity index (χ1v) is 10.4. The molecule has 1 nitrogen and oxygen atoms in total. The van der Waals surface area contributed by atoms with E-state index in [0.717, 1.165) is 18.6 Å². The summed E-state index contributed by atoms with van der Waals surface area (Å²) in [5.41, 5.74) is 7.86. The van der Waals surface area contributed by atoms with Crippen molar-refractivity contribution >= 4 is 33.7 Å². The first-order chi connectivity index (χ1) is 14.3. The van der Waals surface area contributed by atoms with Crippen LogP contribution in [0.2, 0.25) is 0 Å². The van der Waals surface area contributed by atoms with Crippen molar-refractivity contribution in [3.63, 3.8) is 0 Å². The minimum atomic E-state index is 0.641. The van der Waals surface area contributed by atoms with Gasteiger partial charge in [0.15, 0.2) is 0 Å². The van der Waals surface area contributed by atoms with Gasteiger partial charge in [0.2, 0.25) is 0 Å². The van der Waals surface area contributed by atoms with Crippen molar-refractivity contribution < 1.29 is 4.74 Å². The normalized spacial score (nSPS) is 14.7. The molecule has 0 unspecified atom stereocenters. The van der Waals surface area contributed by atoms with Gasteiger partial charge < -0.3 is 4.74 Å². The molecule has 4 aromatic carbocycles. The molecule has 6 rings (SSSR count). The van der Waals surface area contributed by atoms with Gasteiger partial charge in [-0.25, -0.2) is 0 Å². The van der Waals surface area contributed by atoms with E-state index in [1.807, 2.05) is 0 Å². The molecule has 1 heteroatoms. The van der Waals surface area contributed by atoms with Crippen LogP contribution in [0.5, 0.6) is 5.75 Å². The van der Waals surface area contributed by atoms with Crippen LogP contribution in [-0.2, 0) is 6.42 Å². The van der Waals surface area contributed by atoms with Gasteiger partial charge in [-0.3, -0.25) is 0 Å². The number of fused-ring (bicyclic) bond motifs is 8. The molecule has 0 fully saturated rings. The summed E-state index contributed by atoms with van der Waals surface area (Å²) in [6.07, 6.45) is 11.1. The third kappa shape index (κ3) is 2.47. The summed E-state index contributed by atoms with van der Waals surface area (Å²) < 4.78 is 6.19. The van der Waals surface area contributed by atoms with E-state index in [-0.39, 0.29) is 0 Å². The van der Waals surface area contributed by atoms with Gasteiger partial charge in [0.25, 0.3) is 0 Å². The van der Waals surface area contributed by atoms with E-state index in [9.17, 15) is 0 Å². The second-order valence-electron chi connectivity index (χ2n) is 8.05. The summed E-state index contributed by atoms with van der Waals surface area (Å²) in [7, 11) is 0. The zero-order chi connectivity index (χ0) is 19.4. The smallest absolute Gasteiger partial charge is 0.135 e. The standard InChI is InChI=1S/C28H22O/c1-18-11-13-20(14-12-18)22-8-4-9-23-24-10-5-17-29-28(24)25-16-15-19-6-2-3-7-21(19)27(25)26(22)23/h2,4-6,8-16H,3,7,17H2,1H3. The van der Waals surface area contributed by atoms with Crippen LogP contribution in [-0.4, -0.2) is 6.61 Å². The molecule has 0 amide bonds. The number of benzene rings is 4. The van der Waals surface area contributed by atoms with Gasteiger partial charge in [-0.1, -0.05) is 72.3 Å². The Hall–Kier alpha value is -3.32. The predicted octanol–water partition coefficient (Wildman–Crippen LogP) is 7.33. The number of hydrogen-bond donors (Lipinski definition) is 0. The highest BCUT2D eigenvalue weighted by molar-refractivity contribution is 6.21. The van der Waals surface area contributed by atoms with Crippen LogP contribution in [0.3, 0.4) is 0 Å². The van der Waals surface area contributed by atoms with Gasteiger partial charge in [0, 0.05) is 10.9 Å². The fraction of sp³-hybridized carbons (Fsp3) is 0.143. The van der Waals surface area contributed by atoms with E-state index >= 15 is 0 Å². The van der Waals surface area contributed by atoms with Gasteiger partial charge in [-0.2, -0.15) is 0 Å². The van der Waals surface area contributed by atoms with Gasteiger partial charge in [-0.15, -0.1) is 0 Å². The number of rotatable bonds is 1. The van der Waals surface area contributed by atoms with E-state index < -0.39 is 0 Å². The van der Waals surface area contributed by atoms with Crippen LogP contribution in [0.1, 0.15) is 28.7 Å². The van der Waals surface area contributed by atoms with E-state index in [0.29, 0.717) is 6.61 Å². The van der Waals surface area contributed by atoms with Crippen molar-refractivity contribution in [3.8, 4) is 16.9 Å². The van der Waals surface area contributed by atoms with E-state index in [4.69, 9.17) is 4.74 Å². The minimum absolute atomic E-state index is 0.641. The summed E-state index contributed by atoms with van der Waals surface area (Å²) in [4.78, 5) is 0. The van der Waals surface area contributed by atoms with E-state index in [1.165, 1.54) is 54.9 Å². The SMILES string of the molecule is Cc1ccc(-c2cccc3c4c(c5ccc6c(c5c23)CCC=C6)OCC=C4)cc1. The van der Waals surface area contributed by atoms with Crippen LogP contribution < -0.4 is 4.74 Å². The highest BCUT2D eigenvalue weighted by Gasteiger charge is 2.22. The molecule has 0 aromatic heterocycles. The lowest BCUT2D eigenvalue weighted by Gasteiger charge is -2.23. The van der Waals surface area contributed by atoms with Gasteiger partial charge in [-0.05, 0) is 70.3 Å². The Morgan fingerprint density at radius 2 is 1.69 bits per heavy atom. The lowest BCUT2D eigenvalue weighted by Crippen LogP contribution is -2.04. The minimum Gasteiger partial charge on any atom is -0.488 e. The Labute approximate surface area is 170 Å². The predicted molar refractivity (Wildman–Crippen MR) is 124 cm³/mol. The molecule has 0 bridgehead atoms. The zero-order valence-corrected chi connectivity index (χ0v) is 16.5. The van der Waals surface area contributed by atoms with Crippen molar-refractivity contribution in [2.75, 3.05) is 6.61 Å². The lowest BCUT2D eigenvalue weighted by molar-refractivity contribution is 0.363. The number of allylic oxidation sites excluding steroid dienone is 1. The average molecular weight is 374 g/mol. The summed E-state index contributed by atoms with van der Waals surface area (Å²) in [5, 5.41) is 5.24. The molecule has 0 radical (unpaired) electrons. The first kappa shape index (κ1) is 16.6. The highest BCUT2D eigenvalue weighted by atomic mass is 16.5. The first-order valence-electron chi connectivity index (χ1n) is 10.4. The van der Waals surface area contributed by atoms with Crippen LogP contribution in [0, 0.1) is 6.92 Å². The van der Waals surface area contributed by atoms with Crippen molar-refractivity contribution in [1.82, 2.24) is 0 Å². The maximum atomic E-state index is 6.19. The molecule has 0 saturated heterocycles. The lowest BCUT2D eigenvalue weighted by atomic mass is 9.84. The molecule has 1 aliphatic carbocycles. The van der Waals surface area contributed by atoms with Crippen LogP contribution >= 0.6 is 0 Å². The molecule has 140 valence electrons. The quantitative estimate of drug-likeness (QED) is 0.317. The second kappa shape index (κ2) is 6.35. The fourth-order valence-electron chi connectivity index (χ4n) is 4.91. The van der Waals surface area contributed by atoms with Gasteiger partial charge in [0.1, 0.15) is 12.4 Å². The monoisotopic (exact) mass is 374 g/mol. The number of ether oxygens (including phenoxy) is 1. The van der Waals surface area contributed by atoms with Crippen LogP contribution in [0.25, 0.3) is 44.8 Å². The third-order valence-corrected chi connectivity index (χ3v) is 6.27. The molecule has 1 aliphatic heterocycles. The molecule has 29 heavy (non-hydrogen) atoms. The maximum absolute atomic E-state index is 6.19. The van der Waals surface area contributed by atoms with Crippen molar-refractivity contribution in [2.24, 2.45) is 0 Å². The number of aryl methyl sites for hydroxylation is 2. The van der Waals surface area contributed by atoms with Gasteiger partial charge >= 0.3 is 0 Å². The molecule has 0 N–H and O–H groups in total. The molecular weight excluding hydrogens is 352 g/mol. The fourth-order valence-corrected chi connectivity index (χ4v) is 4.91. The molecular formula is C28H22O. The summed E-state index contributed by atoms with van der Waals surface area (Å²) in [6.45, 7) is 2.78. The summed E-state index contributed by atoms with van der Waals surface area (Å²) >= 11 is 0. The molecule has 4 aromatic rings. The Balaban J connectivity index is 1.84. The van der Waals surface area contributed by atoms with E-state index in [2.05, 4.69) is 85.8 Å². The summed E-state index contributed by atoms with van der Waals surface area (Å²) in [5.74, 6) is 1.04. The van der Waals surface area contributed by atoms with Crippen LogP contribution in [0.15, 0.2) is 66.7 Å². The molecule has 0 spiro atoms. The van der Waals surface area contributed by atoms with Crippen molar-refractivity contribution in [2.45, 2.75) is 19.8 Å². The molecule has 0 atom stereocenters. The largest absolute Gasteiger partial charge is 0.488 e. The van der Waals surface area contributed by atoms with Crippen molar-refractivity contribution in [1.29, 1.82) is 0 Å². The molecule has 2 aliphatic rings. The molecule has 0 saturated carbocycles. The van der Waals surface area contributed by atoms with Crippen LogP contribution in [0.4, 0.5) is 0 Å². The van der Waals surface area contributed by atoms with Gasteiger partial charge in [0.05, 0.1) is 0 Å². The highest BCUT2D eigenvalue weighted by Crippen LogP contribution is 2.46. The third-order valence-electron chi connectivity index (χ3n) is 6.27. The molecule has 1 heterocycles. The Bertz CT molecular complexity index is 1340. The zero-order valence-electron chi connectivity index (χ0n) is 16.5. The van der Waals surface area contributed by atoms with Crippen molar-refractivity contribution in [3.05, 3.63) is 89.0 Å². The maximum Gasteiger partial charge on any atom is 0.135 e. The average Bonchev–Trinajstić information content (AvgIpc) is 2.79. The number of hydrogen-bond acceptors (Lipinski definition) is 1. The second-order valence-corrected chi connectivity index (χ2v) is 8.05.